The van der Waals surface area contributed by atoms with Crippen molar-refractivity contribution in [2.24, 2.45) is 5.92 Å². The average molecular weight is 322 g/mol. The van der Waals surface area contributed by atoms with Crippen LogP contribution in [0.2, 0.25) is 0 Å². The molecule has 1 aliphatic heterocycles. The van der Waals surface area contributed by atoms with Crippen LogP contribution in [0.4, 0.5) is 14.9 Å². The number of nitrogens with zero attached hydrogens (tertiary/aromatic N) is 1. The Morgan fingerprint density at radius 1 is 1.43 bits per heavy atom. The zero-order valence-electron chi connectivity index (χ0n) is 13.3. The number of nitrogens with one attached hydrogen (secondary N) is 1. The molecule has 1 aromatic carbocycles. The molecule has 5 nitrogen and oxygen atoms in total. The number of fused-ring (bicyclic) bond motifs is 1. The van der Waals surface area contributed by atoms with Crippen molar-refractivity contribution in [2.45, 2.75) is 37.7 Å². The molecule has 0 unspecified atom stereocenters. The lowest BCUT2D eigenvalue weighted by Crippen LogP contribution is -2.55. The number of hydrogen-bond donors (Lipinski definition) is 2. The number of hydrogen-bond acceptors (Lipinski definition) is 3. The van der Waals surface area contributed by atoms with Crippen LogP contribution in [0.3, 0.4) is 0 Å². The molecule has 1 aromatic rings. The van der Waals surface area contributed by atoms with Crippen molar-refractivity contribution in [2.75, 3.05) is 25.5 Å². The molecule has 23 heavy (non-hydrogen) atoms. The number of methoxy groups -OCH3 is 1. The van der Waals surface area contributed by atoms with E-state index in [-0.39, 0.29) is 17.7 Å². The van der Waals surface area contributed by atoms with Crippen LogP contribution in [0.1, 0.15) is 32.1 Å². The number of benzene rings is 1. The van der Waals surface area contributed by atoms with Gasteiger partial charge in [0.25, 0.3) is 0 Å². The summed E-state index contributed by atoms with van der Waals surface area (Å²) in [6, 6.07) is 4.03. The van der Waals surface area contributed by atoms with E-state index in [1.165, 1.54) is 25.3 Å². The lowest BCUT2D eigenvalue weighted by atomic mass is 9.71. The summed E-state index contributed by atoms with van der Waals surface area (Å²) < 4.78 is 18.3. The number of anilines is 1. The summed E-state index contributed by atoms with van der Waals surface area (Å²) in [5.74, 6) is -0.211. The number of carbonyl (C=O) groups excluding carboxylic acids is 1. The molecule has 2 atom stereocenters. The van der Waals surface area contributed by atoms with E-state index < -0.39 is 11.4 Å². The molecule has 0 radical (unpaired) electrons. The molecule has 1 saturated heterocycles. The van der Waals surface area contributed by atoms with Crippen molar-refractivity contribution in [1.82, 2.24) is 4.90 Å². The quantitative estimate of drug-likeness (QED) is 0.880. The number of likely N-dealkylation sites (tertiary alicyclic amines) is 1. The lowest BCUT2D eigenvalue weighted by Gasteiger charge is -2.47. The number of piperidine rings is 1. The third kappa shape index (κ3) is 3.27. The molecule has 1 heterocycles. The molecule has 126 valence electrons. The van der Waals surface area contributed by atoms with E-state index in [1.807, 2.05) is 0 Å². The largest absolute Gasteiger partial charge is 0.494 e. The van der Waals surface area contributed by atoms with Gasteiger partial charge in [-0.25, -0.2) is 9.18 Å². The van der Waals surface area contributed by atoms with Gasteiger partial charge in [-0.2, -0.15) is 0 Å². The highest BCUT2D eigenvalue weighted by molar-refractivity contribution is 5.89. The van der Waals surface area contributed by atoms with Gasteiger partial charge in [0.05, 0.1) is 12.7 Å². The third-order valence-electron chi connectivity index (χ3n) is 5.12. The lowest BCUT2D eigenvalue weighted by molar-refractivity contribution is -0.0863. The summed E-state index contributed by atoms with van der Waals surface area (Å²) in [5, 5.41) is 13.4. The molecule has 2 amide bonds. The Bertz CT molecular complexity index is 595. The minimum Gasteiger partial charge on any atom is -0.494 e. The zero-order chi connectivity index (χ0) is 16.4. The van der Waals surface area contributed by atoms with Gasteiger partial charge in [0, 0.05) is 30.8 Å². The van der Waals surface area contributed by atoms with E-state index >= 15 is 0 Å². The first kappa shape index (κ1) is 16.1. The number of urea groups is 1. The van der Waals surface area contributed by atoms with Crippen molar-refractivity contribution < 1.29 is 19.0 Å². The number of amides is 2. The SMILES string of the molecule is COc1cc(NC(=O)N2CC[C@@]3(O)CCCC[C@H]3C2)ccc1F. The van der Waals surface area contributed by atoms with Crippen molar-refractivity contribution in [3.63, 3.8) is 0 Å². The van der Waals surface area contributed by atoms with Gasteiger partial charge in [0.2, 0.25) is 0 Å². The maximum absolute atomic E-state index is 13.4. The molecule has 2 N–H and O–H groups in total. The van der Waals surface area contributed by atoms with Gasteiger partial charge in [0.15, 0.2) is 11.6 Å². The number of rotatable bonds is 2. The van der Waals surface area contributed by atoms with Gasteiger partial charge in [-0.05, 0) is 31.4 Å². The highest BCUT2D eigenvalue weighted by atomic mass is 19.1. The second-order valence-corrected chi connectivity index (χ2v) is 6.52. The van der Waals surface area contributed by atoms with E-state index in [0.29, 0.717) is 25.2 Å². The fourth-order valence-electron chi connectivity index (χ4n) is 3.70. The summed E-state index contributed by atoms with van der Waals surface area (Å²) in [6.07, 6.45) is 4.59. The Hall–Kier alpha value is -1.82. The Kier molecular flexibility index (Phi) is 4.43. The van der Waals surface area contributed by atoms with Gasteiger partial charge in [-0.1, -0.05) is 12.8 Å². The summed E-state index contributed by atoms with van der Waals surface area (Å²) in [7, 11) is 1.39. The molecule has 3 rings (SSSR count). The molecule has 0 aromatic heterocycles. The van der Waals surface area contributed by atoms with Crippen LogP contribution in [0, 0.1) is 11.7 Å². The number of halogens is 1. The molecule has 6 heteroatoms. The van der Waals surface area contributed by atoms with Crippen molar-refractivity contribution >= 4 is 11.7 Å². The van der Waals surface area contributed by atoms with Gasteiger partial charge in [-0.15, -0.1) is 0 Å². The Morgan fingerprint density at radius 3 is 3.04 bits per heavy atom. The number of carbonyl (C=O) groups is 1. The first-order chi connectivity index (χ1) is 11.0. The van der Waals surface area contributed by atoms with E-state index in [4.69, 9.17) is 4.74 Å². The van der Waals surface area contributed by atoms with Crippen molar-refractivity contribution in [1.29, 1.82) is 0 Å². The maximum atomic E-state index is 13.4. The summed E-state index contributed by atoms with van der Waals surface area (Å²) in [5.41, 5.74) is -0.105. The van der Waals surface area contributed by atoms with Crippen molar-refractivity contribution in [3.05, 3.63) is 24.0 Å². The first-order valence-electron chi connectivity index (χ1n) is 8.14. The minimum absolute atomic E-state index is 0.100. The Balaban J connectivity index is 1.65. The Labute approximate surface area is 135 Å². The monoisotopic (exact) mass is 322 g/mol. The predicted octanol–water partition coefficient (Wildman–Crippen LogP) is 2.99. The van der Waals surface area contributed by atoms with Crippen LogP contribution in [0.15, 0.2) is 18.2 Å². The molecular formula is C17H23FN2O3. The zero-order valence-corrected chi connectivity index (χ0v) is 13.3. The predicted molar refractivity (Wildman–Crippen MR) is 85.1 cm³/mol. The second-order valence-electron chi connectivity index (χ2n) is 6.52. The van der Waals surface area contributed by atoms with Crippen LogP contribution >= 0.6 is 0 Å². The van der Waals surface area contributed by atoms with Crippen LogP contribution < -0.4 is 10.1 Å². The number of ether oxygens (including phenoxy) is 1. The Morgan fingerprint density at radius 2 is 2.26 bits per heavy atom. The highest BCUT2D eigenvalue weighted by Gasteiger charge is 2.43. The summed E-state index contributed by atoms with van der Waals surface area (Å²) in [6.45, 7) is 1.11. The second kappa shape index (κ2) is 6.35. The van der Waals surface area contributed by atoms with E-state index in [1.54, 1.807) is 4.90 Å². The van der Waals surface area contributed by atoms with E-state index in [9.17, 15) is 14.3 Å². The summed E-state index contributed by atoms with van der Waals surface area (Å²) >= 11 is 0. The van der Waals surface area contributed by atoms with Crippen LogP contribution in [0.5, 0.6) is 5.75 Å². The van der Waals surface area contributed by atoms with E-state index in [0.717, 1.165) is 25.7 Å². The highest BCUT2D eigenvalue weighted by Crippen LogP contribution is 2.39. The van der Waals surface area contributed by atoms with Crippen molar-refractivity contribution in [3.8, 4) is 5.75 Å². The van der Waals surface area contributed by atoms with Gasteiger partial charge >= 0.3 is 6.03 Å². The maximum Gasteiger partial charge on any atom is 0.321 e. The van der Waals surface area contributed by atoms with Gasteiger partial charge in [-0.3, -0.25) is 0 Å². The average Bonchev–Trinajstić information content (AvgIpc) is 2.55. The topological polar surface area (TPSA) is 61.8 Å². The third-order valence-corrected chi connectivity index (χ3v) is 5.12. The summed E-state index contributed by atoms with van der Waals surface area (Å²) in [4.78, 5) is 14.2. The molecule has 2 aliphatic rings. The van der Waals surface area contributed by atoms with Crippen LogP contribution in [-0.2, 0) is 0 Å². The van der Waals surface area contributed by atoms with Gasteiger partial charge < -0.3 is 20.1 Å². The normalized spacial score (nSPS) is 27.3. The fourth-order valence-corrected chi connectivity index (χ4v) is 3.70. The standard InChI is InChI=1S/C17H23FN2O3/c1-23-15-10-13(5-6-14(15)18)19-16(21)20-9-8-17(22)7-3-2-4-12(17)11-20/h5-6,10,12,22H,2-4,7-9,11H2,1H3,(H,19,21)/t12-,17-/m0/s1. The molecule has 1 aliphatic carbocycles. The van der Waals surface area contributed by atoms with E-state index in [2.05, 4.69) is 5.32 Å². The van der Waals surface area contributed by atoms with Crippen LogP contribution in [-0.4, -0.2) is 41.8 Å². The molecule has 0 bridgehead atoms. The minimum atomic E-state index is -0.603. The first-order valence-corrected chi connectivity index (χ1v) is 8.14. The molecule has 1 saturated carbocycles. The van der Waals surface area contributed by atoms with Crippen LogP contribution in [0.25, 0.3) is 0 Å². The molecular weight excluding hydrogens is 299 g/mol. The molecule has 2 fully saturated rings. The molecule has 0 spiro atoms. The fraction of sp³-hybridized carbons (Fsp3) is 0.588. The number of aliphatic hydroxyl groups is 1. The smallest absolute Gasteiger partial charge is 0.321 e. The van der Waals surface area contributed by atoms with Gasteiger partial charge in [0.1, 0.15) is 0 Å².